The molecule has 0 aliphatic heterocycles. The summed E-state index contributed by atoms with van der Waals surface area (Å²) in [4.78, 5) is 30.9. The van der Waals surface area contributed by atoms with E-state index in [1.807, 2.05) is 74.5 Å². The maximum Gasteiger partial charge on any atom is 0.306 e. The van der Waals surface area contributed by atoms with E-state index in [-0.39, 0.29) is 25.9 Å². The number of carbonyl (C=O) groups is 2. The third-order valence-corrected chi connectivity index (χ3v) is 9.30. The lowest BCUT2D eigenvalue weighted by molar-refractivity contribution is -0.140. The molecule has 2 aromatic heterocycles. The quantitative estimate of drug-likeness (QED) is 0.0671. The Hall–Kier alpha value is -4.42. The highest BCUT2D eigenvalue weighted by atomic mass is 35.5. The first kappa shape index (κ1) is 40.4. The first-order valence-corrected chi connectivity index (χ1v) is 17.6. The monoisotopic (exact) mass is 746 g/mol. The summed E-state index contributed by atoms with van der Waals surface area (Å²) in [5.41, 5.74) is 10.9. The van der Waals surface area contributed by atoms with Crippen molar-refractivity contribution in [3.8, 4) is 11.1 Å². The molecule has 0 unspecified atom stereocenters. The summed E-state index contributed by atoms with van der Waals surface area (Å²) >= 11 is 13.2. The molecule has 2 aromatic carbocycles. The van der Waals surface area contributed by atoms with Gasteiger partial charge in [0, 0.05) is 37.6 Å². The fourth-order valence-corrected chi connectivity index (χ4v) is 6.22. The Morgan fingerprint density at radius 1 is 0.673 bits per heavy atom. The Morgan fingerprint density at radius 3 is 1.42 bits per heavy atom. The number of carboxylic acid groups (broad SMARTS) is 2. The molecule has 0 spiro atoms. The van der Waals surface area contributed by atoms with Crippen LogP contribution in [-0.4, -0.2) is 67.6 Å². The van der Waals surface area contributed by atoms with Crippen molar-refractivity contribution in [2.75, 3.05) is 13.1 Å². The number of aliphatic hydroxyl groups excluding tert-OH is 2. The van der Waals surface area contributed by atoms with Crippen molar-refractivity contribution in [3.05, 3.63) is 115 Å². The Balaban J connectivity index is 1.48. The van der Waals surface area contributed by atoms with E-state index in [9.17, 15) is 19.8 Å². The molecule has 2 atom stereocenters. The summed E-state index contributed by atoms with van der Waals surface area (Å²) in [5.74, 6) is -2.10. The lowest BCUT2D eigenvalue weighted by Crippen LogP contribution is -2.28. The van der Waals surface area contributed by atoms with Crippen molar-refractivity contribution in [1.29, 1.82) is 0 Å². The van der Waals surface area contributed by atoms with Crippen LogP contribution in [0.5, 0.6) is 0 Å². The topological polar surface area (TPSA) is 165 Å². The summed E-state index contributed by atoms with van der Waals surface area (Å²) in [7, 11) is 0. The minimum atomic E-state index is -1.05. The molecule has 10 nitrogen and oxygen atoms in total. The second kappa shape index (κ2) is 18.9. The van der Waals surface area contributed by atoms with E-state index in [4.69, 9.17) is 43.4 Å². The molecule has 274 valence electrons. The summed E-state index contributed by atoms with van der Waals surface area (Å²) in [6.45, 7) is 9.01. The van der Waals surface area contributed by atoms with Crippen molar-refractivity contribution < 1.29 is 30.0 Å². The number of aromatic nitrogens is 2. The molecule has 0 saturated carbocycles. The van der Waals surface area contributed by atoms with Crippen LogP contribution >= 0.6 is 23.2 Å². The predicted molar refractivity (Wildman–Crippen MR) is 207 cm³/mol. The van der Waals surface area contributed by atoms with E-state index in [0.29, 0.717) is 34.5 Å². The van der Waals surface area contributed by atoms with Crippen molar-refractivity contribution in [3.63, 3.8) is 0 Å². The largest absolute Gasteiger partial charge is 0.481 e. The summed E-state index contributed by atoms with van der Waals surface area (Å²) in [6.07, 6.45) is 5.18. The van der Waals surface area contributed by atoms with Crippen LogP contribution in [0.15, 0.2) is 48.5 Å². The molecule has 6 N–H and O–H groups in total. The molecular formula is C40H44Cl2N4O6. The number of aryl methyl sites for hydroxylation is 2. The number of rotatable bonds is 17. The van der Waals surface area contributed by atoms with Crippen LogP contribution in [0, 0.1) is 27.7 Å². The number of nitrogens with zero attached hydrogens (tertiary/aromatic N) is 2. The molecule has 0 bridgehead atoms. The fraction of sp³-hybridized carbons (Fsp3) is 0.300. The molecule has 12 heteroatoms. The van der Waals surface area contributed by atoms with E-state index in [0.717, 1.165) is 55.9 Å². The van der Waals surface area contributed by atoms with Gasteiger partial charge < -0.3 is 31.1 Å². The predicted octanol–water partition coefficient (Wildman–Crippen LogP) is 6.88. The Labute approximate surface area is 313 Å². The third kappa shape index (κ3) is 11.3. The van der Waals surface area contributed by atoms with Crippen LogP contribution in [0.2, 0.25) is 10.0 Å². The zero-order valence-electron chi connectivity index (χ0n) is 29.6. The standard InChI is InChI=1S/C40H44Cl2N4O6/c1-23-27(11-13-37-35(41)15-29(25(3)45-37)19-43-21-31(47)17-39(49)50)7-5-9-33(23)34-10-6-8-28(24(34)2)12-14-38-36(42)16-30(26(4)46-38)20-44-22-32(48)18-40(51)52/h5-16,31-32,43-44,47-48H,17-22H2,1-4H3,(H,49,50)(H,51,52)/b13-11+,14-12+/t31-,32-/m0/s1. The lowest BCUT2D eigenvalue weighted by Gasteiger charge is -2.14. The van der Waals surface area contributed by atoms with Gasteiger partial charge in [0.05, 0.1) is 46.5 Å². The Bertz CT molecular complexity index is 1840. The maximum atomic E-state index is 10.8. The van der Waals surface area contributed by atoms with Crippen molar-refractivity contribution in [2.45, 2.75) is 65.8 Å². The normalized spacial score (nSPS) is 12.8. The van der Waals surface area contributed by atoms with Gasteiger partial charge >= 0.3 is 11.9 Å². The highest BCUT2D eigenvalue weighted by Crippen LogP contribution is 2.32. The van der Waals surface area contributed by atoms with Gasteiger partial charge in [0.15, 0.2) is 0 Å². The lowest BCUT2D eigenvalue weighted by atomic mass is 9.91. The third-order valence-electron chi connectivity index (χ3n) is 8.69. The van der Waals surface area contributed by atoms with Gasteiger partial charge in [0.25, 0.3) is 0 Å². The molecule has 0 aliphatic rings. The van der Waals surface area contributed by atoms with Crippen molar-refractivity contribution in [2.24, 2.45) is 0 Å². The minimum absolute atomic E-state index is 0.144. The van der Waals surface area contributed by atoms with Gasteiger partial charge in [-0.15, -0.1) is 0 Å². The Morgan fingerprint density at radius 2 is 1.06 bits per heavy atom. The summed E-state index contributed by atoms with van der Waals surface area (Å²) in [5, 5.41) is 44.4. The van der Waals surface area contributed by atoms with E-state index >= 15 is 0 Å². The van der Waals surface area contributed by atoms with Crippen LogP contribution in [0.3, 0.4) is 0 Å². The van der Waals surface area contributed by atoms with E-state index < -0.39 is 24.1 Å². The highest BCUT2D eigenvalue weighted by Gasteiger charge is 2.14. The maximum absolute atomic E-state index is 10.8. The number of hydrogen-bond acceptors (Lipinski definition) is 8. The number of aliphatic carboxylic acids is 2. The number of halogens is 2. The fourth-order valence-electron chi connectivity index (χ4n) is 5.75. The molecule has 0 amide bonds. The van der Waals surface area contributed by atoms with E-state index in [1.165, 1.54) is 0 Å². The minimum Gasteiger partial charge on any atom is -0.481 e. The number of nitrogens with one attached hydrogen (secondary N) is 2. The second-order valence-electron chi connectivity index (χ2n) is 12.7. The van der Waals surface area contributed by atoms with Gasteiger partial charge in [0.1, 0.15) is 0 Å². The first-order chi connectivity index (χ1) is 24.7. The second-order valence-corrected chi connectivity index (χ2v) is 13.5. The number of hydrogen-bond donors (Lipinski definition) is 6. The zero-order chi connectivity index (χ0) is 37.9. The van der Waals surface area contributed by atoms with E-state index in [1.54, 1.807) is 0 Å². The summed E-state index contributed by atoms with van der Waals surface area (Å²) in [6, 6.07) is 16.0. The zero-order valence-corrected chi connectivity index (χ0v) is 31.1. The molecule has 2 heterocycles. The molecule has 0 radical (unpaired) electrons. The average Bonchev–Trinajstić information content (AvgIpc) is 3.07. The van der Waals surface area contributed by atoms with Crippen LogP contribution in [0.1, 0.15) is 69.0 Å². The number of benzene rings is 2. The number of aliphatic hydroxyl groups is 2. The van der Waals surface area contributed by atoms with Crippen LogP contribution < -0.4 is 10.6 Å². The van der Waals surface area contributed by atoms with Crippen LogP contribution in [0.4, 0.5) is 0 Å². The SMILES string of the molecule is Cc1nc(/C=C/c2cccc(-c3cccc(/C=C/c4nc(C)c(CNC[C@@H](O)CC(=O)O)cc4Cl)c3C)c2C)c(Cl)cc1CNC[C@@H](O)CC(=O)O. The van der Waals surface area contributed by atoms with Gasteiger partial charge in [-0.3, -0.25) is 19.6 Å². The average molecular weight is 748 g/mol. The van der Waals surface area contributed by atoms with Gasteiger partial charge in [-0.05, 0) is 96.5 Å². The number of carboxylic acids is 2. The molecular weight excluding hydrogens is 703 g/mol. The van der Waals surface area contributed by atoms with Gasteiger partial charge in [0.2, 0.25) is 0 Å². The van der Waals surface area contributed by atoms with Crippen LogP contribution in [0.25, 0.3) is 35.4 Å². The van der Waals surface area contributed by atoms with Crippen molar-refractivity contribution in [1.82, 2.24) is 20.6 Å². The van der Waals surface area contributed by atoms with Gasteiger partial charge in [-0.2, -0.15) is 0 Å². The molecule has 52 heavy (non-hydrogen) atoms. The molecule has 0 aliphatic carbocycles. The Kier molecular flexibility index (Phi) is 14.7. The molecule has 0 saturated heterocycles. The molecule has 0 fully saturated rings. The highest BCUT2D eigenvalue weighted by molar-refractivity contribution is 6.32. The molecule has 4 aromatic rings. The van der Waals surface area contributed by atoms with E-state index in [2.05, 4.69) is 36.6 Å². The number of pyridine rings is 2. The molecule has 4 rings (SSSR count). The summed E-state index contributed by atoms with van der Waals surface area (Å²) < 4.78 is 0. The van der Waals surface area contributed by atoms with Crippen molar-refractivity contribution >= 4 is 59.4 Å². The first-order valence-electron chi connectivity index (χ1n) is 16.8. The van der Waals surface area contributed by atoms with Gasteiger partial charge in [-0.1, -0.05) is 71.8 Å². The van der Waals surface area contributed by atoms with Crippen LogP contribution in [-0.2, 0) is 22.7 Å². The van der Waals surface area contributed by atoms with Gasteiger partial charge in [-0.25, -0.2) is 0 Å². The smallest absolute Gasteiger partial charge is 0.306 e.